The molecule has 7 nitrogen and oxygen atoms in total. The quantitative estimate of drug-likeness (QED) is 0.628. The van der Waals surface area contributed by atoms with Crippen molar-refractivity contribution < 1.29 is 18.2 Å². The Morgan fingerprint density at radius 2 is 2.16 bits per heavy atom. The fourth-order valence-electron chi connectivity index (χ4n) is 1.78. The Balaban J connectivity index is 2.55. The van der Waals surface area contributed by atoms with E-state index in [4.69, 9.17) is 16.4 Å². The number of sulfonamides is 1. The van der Waals surface area contributed by atoms with Crippen molar-refractivity contribution in [3.8, 4) is 0 Å². The molecule has 0 saturated carbocycles. The number of hydroxylamine groups is 1. The Morgan fingerprint density at radius 3 is 2.68 bits per heavy atom. The summed E-state index contributed by atoms with van der Waals surface area (Å²) in [5.74, 6) is 0. The maximum Gasteiger partial charge on any atom is 0.289 e. The molecular formula is C10H11ClN2O5S. The van der Waals surface area contributed by atoms with E-state index in [1.54, 1.807) is 0 Å². The van der Waals surface area contributed by atoms with E-state index in [9.17, 15) is 18.5 Å². The molecule has 0 aliphatic carbocycles. The number of nitrogens with zero attached hydrogens (tertiary/aromatic N) is 2. The van der Waals surface area contributed by atoms with Gasteiger partial charge in [0.05, 0.1) is 16.4 Å². The van der Waals surface area contributed by atoms with Crippen LogP contribution in [0.2, 0.25) is 5.02 Å². The van der Waals surface area contributed by atoms with Crippen LogP contribution in [0.3, 0.4) is 0 Å². The standard InChI is InChI=1S/C10H11ClN2O5S/c1-7-5-8(11)9(13(14)15)6-10(7)19(16,17)12-3-2-4-18-12/h5-6H,2-4H2,1H3. The molecule has 2 rings (SSSR count). The fraction of sp³-hybridized carbons (Fsp3) is 0.400. The van der Waals surface area contributed by atoms with Crippen LogP contribution in [0.25, 0.3) is 0 Å². The van der Waals surface area contributed by atoms with Gasteiger partial charge in [-0.15, -0.1) is 0 Å². The van der Waals surface area contributed by atoms with Gasteiger partial charge in [-0.05, 0) is 25.0 Å². The van der Waals surface area contributed by atoms with E-state index in [1.807, 2.05) is 0 Å². The lowest BCUT2D eigenvalue weighted by Crippen LogP contribution is -2.27. The minimum absolute atomic E-state index is 0.0937. The van der Waals surface area contributed by atoms with Crippen LogP contribution in [0.4, 0.5) is 5.69 Å². The van der Waals surface area contributed by atoms with Crippen molar-refractivity contribution in [2.24, 2.45) is 0 Å². The van der Waals surface area contributed by atoms with Crippen LogP contribution in [0.5, 0.6) is 0 Å². The highest BCUT2D eigenvalue weighted by molar-refractivity contribution is 7.89. The second-order valence-corrected chi connectivity index (χ2v) is 6.25. The summed E-state index contributed by atoms with van der Waals surface area (Å²) in [6, 6.07) is 2.23. The third-order valence-corrected chi connectivity index (χ3v) is 4.83. The van der Waals surface area contributed by atoms with Crippen molar-refractivity contribution in [3.05, 3.63) is 32.8 Å². The number of halogens is 1. The largest absolute Gasteiger partial charge is 0.289 e. The van der Waals surface area contributed by atoms with Gasteiger partial charge in [0.15, 0.2) is 0 Å². The molecule has 1 aliphatic rings. The van der Waals surface area contributed by atoms with Gasteiger partial charge >= 0.3 is 0 Å². The highest BCUT2D eigenvalue weighted by atomic mass is 35.5. The number of nitro benzene ring substituents is 1. The second-order valence-electron chi connectivity index (χ2n) is 4.04. The minimum atomic E-state index is -3.89. The summed E-state index contributed by atoms with van der Waals surface area (Å²) in [5, 5.41) is 10.7. The van der Waals surface area contributed by atoms with Crippen molar-refractivity contribution in [1.82, 2.24) is 4.47 Å². The van der Waals surface area contributed by atoms with Crippen LogP contribution in [0.15, 0.2) is 17.0 Å². The molecule has 0 bridgehead atoms. The van der Waals surface area contributed by atoms with E-state index in [2.05, 4.69) is 0 Å². The number of benzene rings is 1. The van der Waals surface area contributed by atoms with Crippen LogP contribution in [-0.2, 0) is 14.9 Å². The van der Waals surface area contributed by atoms with E-state index in [0.717, 1.165) is 10.5 Å². The molecule has 104 valence electrons. The van der Waals surface area contributed by atoms with E-state index in [0.29, 0.717) is 18.6 Å². The molecule has 1 aromatic rings. The van der Waals surface area contributed by atoms with E-state index < -0.39 is 20.6 Å². The van der Waals surface area contributed by atoms with Crippen molar-refractivity contribution in [2.45, 2.75) is 18.2 Å². The number of aryl methyl sites for hydroxylation is 1. The van der Waals surface area contributed by atoms with Gasteiger partial charge in [-0.2, -0.15) is 0 Å². The number of hydrogen-bond acceptors (Lipinski definition) is 5. The molecule has 9 heteroatoms. The maximum atomic E-state index is 12.3. The topological polar surface area (TPSA) is 89.8 Å². The zero-order valence-electron chi connectivity index (χ0n) is 10.00. The molecule has 0 amide bonds. The average molecular weight is 307 g/mol. The Bertz CT molecular complexity index is 625. The Morgan fingerprint density at radius 1 is 1.47 bits per heavy atom. The first-order valence-corrected chi connectivity index (χ1v) is 7.26. The SMILES string of the molecule is Cc1cc(Cl)c([N+](=O)[O-])cc1S(=O)(=O)N1CCCO1. The van der Waals surface area contributed by atoms with Crippen molar-refractivity contribution in [2.75, 3.05) is 13.2 Å². The molecular weight excluding hydrogens is 296 g/mol. The highest BCUT2D eigenvalue weighted by Crippen LogP contribution is 2.32. The lowest BCUT2D eigenvalue weighted by Gasteiger charge is -2.15. The summed E-state index contributed by atoms with van der Waals surface area (Å²) >= 11 is 5.72. The third-order valence-electron chi connectivity index (χ3n) is 2.71. The van der Waals surface area contributed by atoms with Gasteiger partial charge in [0.1, 0.15) is 5.02 Å². The van der Waals surface area contributed by atoms with Gasteiger partial charge in [0.2, 0.25) is 0 Å². The summed E-state index contributed by atoms with van der Waals surface area (Å²) in [6.45, 7) is 2.07. The van der Waals surface area contributed by atoms with Gasteiger partial charge in [-0.25, -0.2) is 8.42 Å². The van der Waals surface area contributed by atoms with Crippen LogP contribution in [0, 0.1) is 17.0 Å². The lowest BCUT2D eigenvalue weighted by molar-refractivity contribution is -0.384. The zero-order valence-corrected chi connectivity index (χ0v) is 11.6. The first-order valence-electron chi connectivity index (χ1n) is 5.44. The summed E-state index contributed by atoms with van der Waals surface area (Å²) in [7, 11) is -3.89. The van der Waals surface area contributed by atoms with Crippen LogP contribution < -0.4 is 0 Å². The monoisotopic (exact) mass is 306 g/mol. The van der Waals surface area contributed by atoms with Gasteiger partial charge in [-0.3, -0.25) is 15.0 Å². The Hall–Kier alpha value is -1.22. The molecule has 0 radical (unpaired) electrons. The molecule has 1 aliphatic heterocycles. The van der Waals surface area contributed by atoms with Gasteiger partial charge in [-0.1, -0.05) is 16.1 Å². The van der Waals surface area contributed by atoms with Crippen LogP contribution >= 0.6 is 11.6 Å². The van der Waals surface area contributed by atoms with Crippen molar-refractivity contribution in [1.29, 1.82) is 0 Å². The molecule has 1 heterocycles. The molecule has 0 unspecified atom stereocenters. The van der Waals surface area contributed by atoms with E-state index in [1.165, 1.54) is 13.0 Å². The van der Waals surface area contributed by atoms with Gasteiger partial charge in [0.25, 0.3) is 15.7 Å². The van der Waals surface area contributed by atoms with Crippen molar-refractivity contribution in [3.63, 3.8) is 0 Å². The number of nitro groups is 1. The number of rotatable bonds is 3. The summed E-state index contributed by atoms with van der Waals surface area (Å²) < 4.78 is 25.4. The lowest BCUT2D eigenvalue weighted by atomic mass is 10.2. The Labute approximate surface area is 114 Å². The molecule has 1 saturated heterocycles. The van der Waals surface area contributed by atoms with Crippen LogP contribution in [0.1, 0.15) is 12.0 Å². The number of hydrogen-bond donors (Lipinski definition) is 0. The van der Waals surface area contributed by atoms with Gasteiger partial charge < -0.3 is 0 Å². The minimum Gasteiger partial charge on any atom is -0.284 e. The molecule has 0 spiro atoms. The molecule has 1 fully saturated rings. The smallest absolute Gasteiger partial charge is 0.284 e. The normalized spacial score (nSPS) is 16.7. The predicted octanol–water partition coefficient (Wildman–Crippen LogP) is 1.88. The summed E-state index contributed by atoms with van der Waals surface area (Å²) in [4.78, 5) is 14.9. The third kappa shape index (κ3) is 2.57. The van der Waals surface area contributed by atoms with E-state index in [-0.39, 0.29) is 16.5 Å². The molecule has 19 heavy (non-hydrogen) atoms. The van der Waals surface area contributed by atoms with Crippen molar-refractivity contribution >= 4 is 27.3 Å². The predicted molar refractivity (Wildman–Crippen MR) is 67.3 cm³/mol. The maximum absolute atomic E-state index is 12.3. The second kappa shape index (κ2) is 5.04. The first-order chi connectivity index (χ1) is 8.84. The van der Waals surface area contributed by atoms with Gasteiger partial charge in [0, 0.05) is 12.6 Å². The molecule has 0 N–H and O–H groups in total. The first kappa shape index (κ1) is 14.2. The highest BCUT2D eigenvalue weighted by Gasteiger charge is 2.32. The average Bonchev–Trinajstić information content (AvgIpc) is 2.81. The molecule has 1 aromatic carbocycles. The fourth-order valence-corrected chi connectivity index (χ4v) is 3.60. The summed E-state index contributed by atoms with van der Waals surface area (Å²) in [5.41, 5.74) is -0.101. The zero-order chi connectivity index (χ0) is 14.2. The summed E-state index contributed by atoms with van der Waals surface area (Å²) in [6.07, 6.45) is 0.591. The molecule has 0 atom stereocenters. The van der Waals surface area contributed by atoms with E-state index >= 15 is 0 Å². The Kier molecular flexibility index (Phi) is 3.77. The van der Waals surface area contributed by atoms with Crippen LogP contribution in [-0.4, -0.2) is 31.0 Å². The molecule has 0 aromatic heterocycles.